The van der Waals surface area contributed by atoms with Gasteiger partial charge in [0.2, 0.25) is 0 Å². The van der Waals surface area contributed by atoms with Gasteiger partial charge in [-0.2, -0.15) is 8.42 Å². The summed E-state index contributed by atoms with van der Waals surface area (Å²) >= 11 is 0. The monoisotopic (exact) mass is 579 g/mol. The number of hydrogen-bond acceptors (Lipinski definition) is 8. The van der Waals surface area contributed by atoms with E-state index in [0.717, 1.165) is 17.6 Å². The number of carbonyl (C=O) groups is 3. The molecule has 2 amide bonds. The second kappa shape index (κ2) is 13.2. The van der Waals surface area contributed by atoms with Crippen molar-refractivity contribution >= 4 is 34.1 Å². The molecule has 3 rings (SSSR count). The Morgan fingerprint density at radius 2 is 1.98 bits per heavy atom. The average Bonchev–Trinajstić information content (AvgIpc) is 2.91. The lowest BCUT2D eigenvalue weighted by atomic mass is 9.93. The molecule has 1 atom stereocenters. The number of anilines is 1. The van der Waals surface area contributed by atoms with E-state index >= 15 is 4.39 Å². The number of amides is 2. The highest BCUT2D eigenvalue weighted by Gasteiger charge is 2.37. The minimum absolute atomic E-state index is 0.0186. The Balaban J connectivity index is 2.12. The van der Waals surface area contributed by atoms with E-state index in [1.54, 1.807) is 11.6 Å². The predicted molar refractivity (Wildman–Crippen MR) is 142 cm³/mol. The van der Waals surface area contributed by atoms with Crippen LogP contribution in [0.4, 0.5) is 19.7 Å². The molecule has 1 heterocycles. The summed E-state index contributed by atoms with van der Waals surface area (Å²) in [5.74, 6) is -2.37. The van der Waals surface area contributed by atoms with Crippen molar-refractivity contribution in [3.63, 3.8) is 0 Å². The van der Waals surface area contributed by atoms with Crippen molar-refractivity contribution in [2.75, 3.05) is 31.2 Å². The van der Waals surface area contributed by atoms with E-state index in [2.05, 4.69) is 16.1 Å². The topological polar surface area (TPSA) is 152 Å². The van der Waals surface area contributed by atoms with Crippen LogP contribution in [0.5, 0.6) is 5.75 Å². The Hall–Kier alpha value is -4.33. The standard InChI is InChI=1S/C26H30FN3O9S/c1-4-11-39-25(32)28-40(35,36)30(16-22(31)37-3)24-21(38-12-10-18-8-6-5-7-9-18)14-19-15-29(26(33)34)17(2)13-20(19)23(24)27/h4-9,14,17H,1,10-13,15-16H2,2-3H3,(H,28,32)(H,33,34)/t17-/m0/s1. The van der Waals surface area contributed by atoms with Crippen molar-refractivity contribution < 1.29 is 46.5 Å². The molecule has 1 aliphatic heterocycles. The zero-order valence-electron chi connectivity index (χ0n) is 22.0. The first kappa shape index (κ1) is 30.2. The molecule has 0 radical (unpaired) electrons. The normalized spacial score (nSPS) is 14.5. The van der Waals surface area contributed by atoms with Crippen LogP contribution in [0.1, 0.15) is 23.6 Å². The lowest BCUT2D eigenvalue weighted by Crippen LogP contribution is -2.47. The first-order valence-electron chi connectivity index (χ1n) is 12.1. The summed E-state index contributed by atoms with van der Waals surface area (Å²) in [7, 11) is -3.93. The second-order valence-electron chi connectivity index (χ2n) is 8.80. The van der Waals surface area contributed by atoms with Crippen molar-refractivity contribution in [3.8, 4) is 5.75 Å². The smallest absolute Gasteiger partial charge is 0.422 e. The van der Waals surface area contributed by atoms with Gasteiger partial charge in [-0.1, -0.05) is 43.0 Å². The van der Waals surface area contributed by atoms with E-state index in [0.29, 0.717) is 10.7 Å². The van der Waals surface area contributed by atoms with Crippen LogP contribution < -0.4 is 13.8 Å². The summed E-state index contributed by atoms with van der Waals surface area (Å²) < 4.78 is 60.0. The highest BCUT2D eigenvalue weighted by Crippen LogP contribution is 2.40. The number of methoxy groups -OCH3 is 1. The summed E-state index contributed by atoms with van der Waals surface area (Å²) in [4.78, 5) is 37.2. The van der Waals surface area contributed by atoms with E-state index in [-0.39, 0.29) is 43.1 Å². The molecule has 14 heteroatoms. The molecule has 0 aromatic heterocycles. The van der Waals surface area contributed by atoms with E-state index in [4.69, 9.17) is 4.74 Å². The lowest BCUT2D eigenvalue weighted by Gasteiger charge is -2.35. The number of rotatable bonds is 11. The quantitative estimate of drug-likeness (QED) is 0.302. The lowest BCUT2D eigenvalue weighted by molar-refractivity contribution is -0.138. The fraction of sp³-hybridized carbons (Fsp3) is 0.346. The van der Waals surface area contributed by atoms with Crippen LogP contribution in [0.25, 0.3) is 0 Å². The van der Waals surface area contributed by atoms with Crippen molar-refractivity contribution in [1.29, 1.82) is 0 Å². The molecule has 2 aromatic carbocycles. The zero-order valence-corrected chi connectivity index (χ0v) is 22.8. The van der Waals surface area contributed by atoms with Crippen LogP contribution in [0.2, 0.25) is 0 Å². The molecule has 12 nitrogen and oxygen atoms in total. The summed E-state index contributed by atoms with van der Waals surface area (Å²) in [6.07, 6.45) is -1.09. The minimum Gasteiger partial charge on any atom is -0.491 e. The van der Waals surface area contributed by atoms with Gasteiger partial charge in [0.25, 0.3) is 0 Å². The van der Waals surface area contributed by atoms with Crippen molar-refractivity contribution in [3.05, 3.63) is 71.6 Å². The molecular weight excluding hydrogens is 549 g/mol. The molecule has 0 saturated carbocycles. The van der Waals surface area contributed by atoms with Crippen LogP contribution in [-0.4, -0.2) is 69.5 Å². The van der Waals surface area contributed by atoms with Crippen LogP contribution in [-0.2, 0) is 43.9 Å². The number of nitrogens with one attached hydrogen (secondary N) is 1. The highest BCUT2D eigenvalue weighted by molar-refractivity contribution is 7.91. The second-order valence-corrected chi connectivity index (χ2v) is 10.4. The minimum atomic E-state index is -4.95. The molecule has 2 aromatic rings. The van der Waals surface area contributed by atoms with E-state index < -0.39 is 52.5 Å². The number of carboxylic acid groups (broad SMARTS) is 1. The Bertz CT molecular complexity index is 1370. The third kappa shape index (κ3) is 7.20. The van der Waals surface area contributed by atoms with Gasteiger partial charge >= 0.3 is 28.4 Å². The van der Waals surface area contributed by atoms with E-state index in [1.165, 1.54) is 12.1 Å². The summed E-state index contributed by atoms with van der Waals surface area (Å²) in [5.41, 5.74) is 0.566. The Kier molecular flexibility index (Phi) is 9.93. The number of hydrogen-bond donors (Lipinski definition) is 2. The van der Waals surface area contributed by atoms with Crippen molar-refractivity contribution in [1.82, 2.24) is 9.62 Å². The largest absolute Gasteiger partial charge is 0.491 e. The maximum Gasteiger partial charge on any atom is 0.422 e. The number of esters is 1. The third-order valence-corrected chi connectivity index (χ3v) is 7.41. The van der Waals surface area contributed by atoms with Gasteiger partial charge in [-0.05, 0) is 36.1 Å². The molecule has 0 fully saturated rings. The van der Waals surface area contributed by atoms with Crippen LogP contribution >= 0.6 is 0 Å². The van der Waals surface area contributed by atoms with Gasteiger partial charge in [0, 0.05) is 19.0 Å². The number of carbonyl (C=O) groups excluding carboxylic acids is 2. The number of fused-ring (bicyclic) bond motifs is 1. The van der Waals surface area contributed by atoms with Gasteiger partial charge in [0.05, 0.1) is 13.7 Å². The summed E-state index contributed by atoms with van der Waals surface area (Å²) in [5, 5.41) is 9.57. The molecule has 216 valence electrons. The SMILES string of the molecule is C=CCOC(=O)NS(=O)(=O)N(CC(=O)OC)c1c(OCCc2ccccc2)cc2c(c1F)C[C@H](C)N(C(=O)O)C2. The molecule has 0 saturated heterocycles. The molecule has 40 heavy (non-hydrogen) atoms. The van der Waals surface area contributed by atoms with E-state index in [1.807, 2.05) is 30.3 Å². The molecule has 1 aliphatic rings. The maximum absolute atomic E-state index is 16.3. The number of halogens is 1. The summed E-state index contributed by atoms with van der Waals surface area (Å²) in [6, 6.07) is 9.88. The zero-order chi connectivity index (χ0) is 29.4. The fourth-order valence-corrected chi connectivity index (χ4v) is 5.19. The van der Waals surface area contributed by atoms with Gasteiger partial charge in [0.15, 0.2) is 5.82 Å². The molecule has 0 unspecified atom stereocenters. The average molecular weight is 580 g/mol. The first-order chi connectivity index (χ1) is 19.0. The van der Waals surface area contributed by atoms with Crippen molar-refractivity contribution in [2.45, 2.75) is 32.4 Å². The van der Waals surface area contributed by atoms with E-state index in [9.17, 15) is 27.9 Å². The first-order valence-corrected chi connectivity index (χ1v) is 13.6. The Morgan fingerprint density at radius 1 is 1.27 bits per heavy atom. The molecule has 0 spiro atoms. The molecule has 0 bridgehead atoms. The van der Waals surface area contributed by atoms with Gasteiger partial charge < -0.3 is 24.2 Å². The van der Waals surface area contributed by atoms with Crippen LogP contribution in [0.3, 0.4) is 0 Å². The Labute approximate surface area is 231 Å². The Morgan fingerprint density at radius 3 is 2.60 bits per heavy atom. The van der Waals surface area contributed by atoms with Crippen LogP contribution in [0.15, 0.2) is 49.1 Å². The number of ether oxygens (including phenoxy) is 3. The molecular formula is C26H30FN3O9S. The summed E-state index contributed by atoms with van der Waals surface area (Å²) in [6.45, 7) is 3.44. The number of nitrogens with zero attached hydrogens (tertiary/aromatic N) is 2. The number of benzene rings is 2. The maximum atomic E-state index is 16.3. The van der Waals surface area contributed by atoms with Gasteiger partial charge in [-0.3, -0.25) is 4.79 Å². The third-order valence-electron chi connectivity index (χ3n) is 6.09. The van der Waals surface area contributed by atoms with Crippen molar-refractivity contribution in [2.24, 2.45) is 0 Å². The predicted octanol–water partition coefficient (Wildman–Crippen LogP) is 3.01. The highest BCUT2D eigenvalue weighted by atomic mass is 32.2. The van der Waals surface area contributed by atoms with Gasteiger partial charge in [-0.25, -0.2) is 23.0 Å². The fourth-order valence-electron chi connectivity index (χ4n) is 4.13. The molecule has 0 aliphatic carbocycles. The molecule has 2 N–H and O–H groups in total. The van der Waals surface area contributed by atoms with Crippen LogP contribution in [0, 0.1) is 5.82 Å². The van der Waals surface area contributed by atoms with Gasteiger partial charge in [0.1, 0.15) is 24.6 Å². The van der Waals surface area contributed by atoms with Gasteiger partial charge in [-0.15, -0.1) is 0 Å².